The van der Waals surface area contributed by atoms with Crippen LogP contribution in [-0.4, -0.2) is 24.1 Å². The molecule has 0 radical (unpaired) electrons. The molecule has 0 bridgehead atoms. The number of nitrogens with zero attached hydrogens (tertiary/aromatic N) is 1. The lowest BCUT2D eigenvalue weighted by molar-refractivity contribution is 0.104. The van der Waals surface area contributed by atoms with Crippen molar-refractivity contribution in [1.29, 1.82) is 0 Å². The molecule has 0 spiro atoms. The molecule has 0 N–H and O–H groups in total. The molecule has 0 unspecified atom stereocenters. The van der Waals surface area contributed by atoms with Gasteiger partial charge in [0.05, 0.1) is 6.61 Å². The van der Waals surface area contributed by atoms with Crippen molar-refractivity contribution >= 4 is 6.09 Å². The van der Waals surface area contributed by atoms with Crippen LogP contribution in [0.5, 0.6) is 0 Å². The molecule has 29 heavy (non-hydrogen) atoms. The highest BCUT2D eigenvalue weighted by Crippen LogP contribution is 2.14. The monoisotopic (exact) mass is 403 g/mol. The second kappa shape index (κ2) is 18.5. The Morgan fingerprint density at radius 2 is 1.21 bits per heavy atom. The van der Waals surface area contributed by atoms with Gasteiger partial charge in [-0.25, -0.2) is 4.79 Å². The summed E-state index contributed by atoms with van der Waals surface area (Å²) in [5.74, 6) is 0. The normalized spacial score (nSPS) is 10.8. The fourth-order valence-electron chi connectivity index (χ4n) is 3.75. The maximum atomic E-state index is 12.2. The Labute approximate surface area is 180 Å². The third-order valence-corrected chi connectivity index (χ3v) is 5.52. The number of rotatable bonds is 18. The van der Waals surface area contributed by atoms with Crippen molar-refractivity contribution in [3.63, 3.8) is 0 Å². The molecule has 0 atom stereocenters. The number of unbranched alkanes of at least 4 members (excludes halogenated alkanes) is 13. The molecular formula is C26H45NO2. The predicted octanol–water partition coefficient (Wildman–Crippen LogP) is 8.13. The maximum absolute atomic E-state index is 12.2. The van der Waals surface area contributed by atoms with Crippen molar-refractivity contribution in [2.45, 2.75) is 110 Å². The molecular weight excluding hydrogens is 358 g/mol. The first-order valence-electron chi connectivity index (χ1n) is 12.2. The van der Waals surface area contributed by atoms with Gasteiger partial charge < -0.3 is 9.64 Å². The van der Waals surface area contributed by atoms with Crippen LogP contribution in [0, 0.1) is 0 Å². The average Bonchev–Trinajstić information content (AvgIpc) is 2.74. The Morgan fingerprint density at radius 1 is 0.724 bits per heavy atom. The van der Waals surface area contributed by atoms with Gasteiger partial charge >= 0.3 is 6.09 Å². The first kappa shape index (κ1) is 25.5. The third kappa shape index (κ3) is 14.2. The van der Waals surface area contributed by atoms with Gasteiger partial charge in [0.1, 0.15) is 0 Å². The fourth-order valence-corrected chi connectivity index (χ4v) is 3.75. The average molecular weight is 404 g/mol. The number of carbonyl (C=O) groups excluding carboxylic acids is 1. The van der Waals surface area contributed by atoms with E-state index >= 15 is 0 Å². The summed E-state index contributed by atoms with van der Waals surface area (Å²) < 4.78 is 5.23. The van der Waals surface area contributed by atoms with Crippen molar-refractivity contribution in [1.82, 2.24) is 4.90 Å². The molecule has 1 amide bonds. The highest BCUT2D eigenvalue weighted by Gasteiger charge is 2.14. The summed E-state index contributed by atoms with van der Waals surface area (Å²) in [7, 11) is 0. The summed E-state index contributed by atoms with van der Waals surface area (Å²) in [6.07, 6.45) is 18.7. The predicted molar refractivity (Wildman–Crippen MR) is 124 cm³/mol. The topological polar surface area (TPSA) is 29.5 Å². The van der Waals surface area contributed by atoms with Gasteiger partial charge in [-0.15, -0.1) is 0 Å². The summed E-state index contributed by atoms with van der Waals surface area (Å²) in [6, 6.07) is 10.2. The first-order chi connectivity index (χ1) is 14.3. The van der Waals surface area contributed by atoms with E-state index in [1.807, 2.05) is 30.0 Å². The van der Waals surface area contributed by atoms with Crippen LogP contribution in [0.15, 0.2) is 30.3 Å². The number of carbonyl (C=O) groups is 1. The van der Waals surface area contributed by atoms with E-state index in [9.17, 15) is 4.79 Å². The van der Waals surface area contributed by atoms with Gasteiger partial charge in [0, 0.05) is 13.1 Å². The van der Waals surface area contributed by atoms with Gasteiger partial charge in [-0.3, -0.25) is 0 Å². The minimum atomic E-state index is -0.189. The first-order valence-corrected chi connectivity index (χ1v) is 12.2. The van der Waals surface area contributed by atoms with Crippen LogP contribution < -0.4 is 0 Å². The number of hydrogen-bond donors (Lipinski definition) is 0. The minimum absolute atomic E-state index is 0.189. The van der Waals surface area contributed by atoms with Crippen LogP contribution in [-0.2, 0) is 11.3 Å². The molecule has 0 aliphatic heterocycles. The van der Waals surface area contributed by atoms with E-state index in [0.717, 1.165) is 18.5 Å². The van der Waals surface area contributed by atoms with Crippen molar-refractivity contribution in [3.05, 3.63) is 35.9 Å². The smallest absolute Gasteiger partial charge is 0.410 e. The number of benzene rings is 1. The van der Waals surface area contributed by atoms with E-state index in [-0.39, 0.29) is 6.09 Å². The molecule has 3 nitrogen and oxygen atoms in total. The summed E-state index contributed by atoms with van der Waals surface area (Å²) in [6.45, 7) is 6.00. The van der Waals surface area contributed by atoms with E-state index < -0.39 is 0 Å². The molecule has 1 rings (SSSR count). The van der Waals surface area contributed by atoms with E-state index in [2.05, 4.69) is 19.1 Å². The standard InChI is InChI=1S/C26H45NO2/c1-3-5-6-7-8-9-10-11-12-13-14-15-16-20-23-27(26(28)29-4-2)24-25-21-18-17-19-22-25/h17-19,21-22H,3-16,20,23-24H2,1-2H3. The van der Waals surface area contributed by atoms with E-state index in [0.29, 0.717) is 13.2 Å². The van der Waals surface area contributed by atoms with Crippen LogP contribution in [0.3, 0.4) is 0 Å². The Balaban J connectivity index is 2.03. The second-order valence-electron chi connectivity index (χ2n) is 8.20. The molecule has 0 saturated heterocycles. The summed E-state index contributed by atoms with van der Waals surface area (Å²) in [4.78, 5) is 14.1. The molecule has 1 aromatic carbocycles. The maximum Gasteiger partial charge on any atom is 0.410 e. The van der Waals surface area contributed by atoms with Gasteiger partial charge in [-0.1, -0.05) is 121 Å². The fraction of sp³-hybridized carbons (Fsp3) is 0.731. The lowest BCUT2D eigenvalue weighted by Gasteiger charge is -2.22. The molecule has 1 aromatic rings. The molecule has 0 aromatic heterocycles. The van der Waals surface area contributed by atoms with Gasteiger partial charge in [0.15, 0.2) is 0 Å². The number of ether oxygens (including phenoxy) is 1. The number of amides is 1. The molecule has 0 heterocycles. The van der Waals surface area contributed by atoms with Gasteiger partial charge in [-0.2, -0.15) is 0 Å². The van der Waals surface area contributed by atoms with Crippen molar-refractivity contribution in [3.8, 4) is 0 Å². The zero-order chi connectivity index (χ0) is 21.0. The van der Waals surface area contributed by atoms with Crippen LogP contribution in [0.4, 0.5) is 4.79 Å². The minimum Gasteiger partial charge on any atom is -0.450 e. The lowest BCUT2D eigenvalue weighted by Crippen LogP contribution is -2.32. The second-order valence-corrected chi connectivity index (χ2v) is 8.20. The third-order valence-electron chi connectivity index (χ3n) is 5.52. The lowest BCUT2D eigenvalue weighted by atomic mass is 10.0. The molecule has 0 saturated carbocycles. The molecule has 0 aliphatic rings. The zero-order valence-electron chi connectivity index (χ0n) is 19.2. The Kier molecular flexibility index (Phi) is 16.3. The van der Waals surface area contributed by atoms with Gasteiger partial charge in [-0.05, 0) is 18.9 Å². The largest absolute Gasteiger partial charge is 0.450 e. The molecule has 166 valence electrons. The van der Waals surface area contributed by atoms with Crippen LogP contribution in [0.25, 0.3) is 0 Å². The molecule has 3 heteroatoms. The van der Waals surface area contributed by atoms with E-state index in [1.54, 1.807) is 0 Å². The Hall–Kier alpha value is -1.51. The highest BCUT2D eigenvalue weighted by atomic mass is 16.6. The van der Waals surface area contributed by atoms with Crippen molar-refractivity contribution in [2.75, 3.05) is 13.2 Å². The van der Waals surface area contributed by atoms with Crippen molar-refractivity contribution in [2.24, 2.45) is 0 Å². The molecule has 0 fully saturated rings. The Bertz CT molecular complexity index is 489. The Morgan fingerprint density at radius 3 is 1.69 bits per heavy atom. The van der Waals surface area contributed by atoms with Gasteiger partial charge in [0.25, 0.3) is 0 Å². The van der Waals surface area contributed by atoms with Crippen LogP contribution in [0.2, 0.25) is 0 Å². The summed E-state index contributed by atoms with van der Waals surface area (Å²) in [5.41, 5.74) is 1.16. The summed E-state index contributed by atoms with van der Waals surface area (Å²) >= 11 is 0. The highest BCUT2D eigenvalue weighted by molar-refractivity contribution is 5.67. The SMILES string of the molecule is CCCCCCCCCCCCCCCCN(Cc1ccccc1)C(=O)OCC. The van der Waals surface area contributed by atoms with Crippen LogP contribution in [0.1, 0.15) is 109 Å². The van der Waals surface area contributed by atoms with E-state index in [1.165, 1.54) is 83.5 Å². The van der Waals surface area contributed by atoms with Crippen molar-refractivity contribution < 1.29 is 9.53 Å². The molecule has 0 aliphatic carbocycles. The zero-order valence-corrected chi connectivity index (χ0v) is 19.2. The summed E-state index contributed by atoms with van der Waals surface area (Å²) in [5, 5.41) is 0. The van der Waals surface area contributed by atoms with E-state index in [4.69, 9.17) is 4.74 Å². The van der Waals surface area contributed by atoms with Crippen LogP contribution >= 0.6 is 0 Å². The van der Waals surface area contributed by atoms with Gasteiger partial charge in [0.2, 0.25) is 0 Å². The quantitative estimate of drug-likeness (QED) is 0.232. The number of hydrogen-bond acceptors (Lipinski definition) is 2.